The Kier molecular flexibility index (Phi) is 6.40. The number of ketones is 1. The van der Waals surface area contributed by atoms with Gasteiger partial charge in [-0.05, 0) is 54.6 Å². The van der Waals surface area contributed by atoms with Crippen LogP contribution < -0.4 is 20.2 Å². The fourth-order valence-electron chi connectivity index (χ4n) is 3.61. The van der Waals surface area contributed by atoms with Gasteiger partial charge in [0.05, 0.1) is 30.7 Å². The molecule has 1 N–H and O–H groups in total. The third kappa shape index (κ3) is 4.66. The first-order chi connectivity index (χ1) is 16.4. The normalized spacial score (nSPS) is 10.7. The number of halogens is 1. The SMILES string of the molecule is COc1cccc(NC(=O)Cn2cc(C(=O)c3ccc(F)cc3)c(=O)c3cc(OC)ccc32)c1. The van der Waals surface area contributed by atoms with Crippen LogP contribution in [0.3, 0.4) is 0 Å². The van der Waals surface area contributed by atoms with Crippen LogP contribution in [-0.4, -0.2) is 30.5 Å². The molecule has 4 rings (SSSR count). The molecule has 0 saturated heterocycles. The molecule has 0 atom stereocenters. The summed E-state index contributed by atoms with van der Waals surface area (Å²) in [4.78, 5) is 39.1. The smallest absolute Gasteiger partial charge is 0.244 e. The number of amides is 1. The van der Waals surface area contributed by atoms with E-state index < -0.39 is 17.0 Å². The van der Waals surface area contributed by atoms with E-state index in [0.29, 0.717) is 22.7 Å². The van der Waals surface area contributed by atoms with Crippen LogP contribution in [0.5, 0.6) is 11.5 Å². The first kappa shape index (κ1) is 22.7. The van der Waals surface area contributed by atoms with Gasteiger partial charge in [-0.15, -0.1) is 0 Å². The number of pyridine rings is 1. The van der Waals surface area contributed by atoms with Crippen molar-refractivity contribution in [3.63, 3.8) is 0 Å². The summed E-state index contributed by atoms with van der Waals surface area (Å²) in [6.07, 6.45) is 1.36. The number of rotatable bonds is 7. The molecular weight excluding hydrogens is 439 g/mol. The lowest BCUT2D eigenvalue weighted by molar-refractivity contribution is -0.116. The molecule has 0 bridgehead atoms. The Morgan fingerprint density at radius 1 is 0.941 bits per heavy atom. The molecule has 0 aliphatic heterocycles. The van der Waals surface area contributed by atoms with Gasteiger partial charge in [0.15, 0.2) is 5.78 Å². The topological polar surface area (TPSA) is 86.6 Å². The second kappa shape index (κ2) is 9.58. The summed E-state index contributed by atoms with van der Waals surface area (Å²) in [5.74, 6) is -0.411. The number of hydrogen-bond donors (Lipinski definition) is 1. The molecule has 1 heterocycles. The average Bonchev–Trinajstić information content (AvgIpc) is 2.85. The molecule has 8 heteroatoms. The zero-order valence-corrected chi connectivity index (χ0v) is 18.5. The lowest BCUT2D eigenvalue weighted by Gasteiger charge is -2.14. The molecule has 0 spiro atoms. The summed E-state index contributed by atoms with van der Waals surface area (Å²) < 4.78 is 25.3. The van der Waals surface area contributed by atoms with Gasteiger partial charge in [0, 0.05) is 23.5 Å². The molecule has 3 aromatic carbocycles. The number of carbonyl (C=O) groups is 2. The summed E-state index contributed by atoms with van der Waals surface area (Å²) in [7, 11) is 3.00. The number of nitrogens with zero attached hydrogens (tertiary/aromatic N) is 1. The van der Waals surface area contributed by atoms with Gasteiger partial charge in [-0.2, -0.15) is 0 Å². The monoisotopic (exact) mass is 460 g/mol. The van der Waals surface area contributed by atoms with E-state index in [-0.39, 0.29) is 29.0 Å². The highest BCUT2D eigenvalue weighted by Gasteiger charge is 2.19. The number of nitrogens with one attached hydrogen (secondary N) is 1. The maximum absolute atomic E-state index is 13.3. The number of benzene rings is 3. The molecule has 0 unspecified atom stereocenters. The number of hydrogen-bond acceptors (Lipinski definition) is 5. The van der Waals surface area contributed by atoms with Gasteiger partial charge in [-0.25, -0.2) is 4.39 Å². The predicted octanol–water partition coefficient (Wildman–Crippen LogP) is 4.03. The standard InChI is InChI=1S/C26H21FN2O5/c1-33-19-5-3-4-18(12-19)28-24(30)15-29-14-22(25(31)16-6-8-17(27)9-7-16)26(32)21-13-20(34-2)10-11-23(21)29/h3-14H,15H2,1-2H3,(H,28,30). The molecule has 0 aliphatic rings. The molecule has 7 nitrogen and oxygen atoms in total. The Hall–Kier alpha value is -4.46. The molecule has 4 aromatic rings. The van der Waals surface area contributed by atoms with Crippen LogP contribution in [0.1, 0.15) is 15.9 Å². The van der Waals surface area contributed by atoms with Crippen LogP contribution in [0.4, 0.5) is 10.1 Å². The summed E-state index contributed by atoms with van der Waals surface area (Å²) in [5.41, 5.74) is 0.517. The fourth-order valence-corrected chi connectivity index (χ4v) is 3.61. The average molecular weight is 460 g/mol. The van der Waals surface area contributed by atoms with E-state index in [1.54, 1.807) is 36.4 Å². The molecule has 0 radical (unpaired) electrons. The molecule has 172 valence electrons. The quantitative estimate of drug-likeness (QED) is 0.421. The van der Waals surface area contributed by atoms with Gasteiger partial charge in [0.1, 0.15) is 23.9 Å². The van der Waals surface area contributed by atoms with Gasteiger partial charge in [0.2, 0.25) is 11.3 Å². The Morgan fingerprint density at radius 2 is 1.65 bits per heavy atom. The highest BCUT2D eigenvalue weighted by atomic mass is 19.1. The van der Waals surface area contributed by atoms with Gasteiger partial charge in [-0.1, -0.05) is 6.07 Å². The van der Waals surface area contributed by atoms with E-state index in [1.807, 2.05) is 0 Å². The molecule has 1 aromatic heterocycles. The van der Waals surface area contributed by atoms with E-state index in [0.717, 1.165) is 12.1 Å². The van der Waals surface area contributed by atoms with Crippen molar-refractivity contribution in [1.29, 1.82) is 0 Å². The highest BCUT2D eigenvalue weighted by molar-refractivity contribution is 6.10. The lowest BCUT2D eigenvalue weighted by Crippen LogP contribution is -2.24. The Morgan fingerprint density at radius 3 is 2.35 bits per heavy atom. The van der Waals surface area contributed by atoms with Gasteiger partial charge >= 0.3 is 0 Å². The number of ether oxygens (including phenoxy) is 2. The third-order valence-corrected chi connectivity index (χ3v) is 5.31. The largest absolute Gasteiger partial charge is 0.497 e. The van der Waals surface area contributed by atoms with Crippen molar-refractivity contribution in [3.05, 3.63) is 100 Å². The number of carbonyl (C=O) groups excluding carboxylic acids is 2. The summed E-state index contributed by atoms with van der Waals surface area (Å²) in [6.45, 7) is -0.163. The number of anilines is 1. The zero-order chi connectivity index (χ0) is 24.2. The third-order valence-electron chi connectivity index (χ3n) is 5.31. The van der Waals surface area contributed by atoms with Gasteiger partial charge < -0.3 is 19.4 Å². The van der Waals surface area contributed by atoms with Crippen molar-refractivity contribution in [2.24, 2.45) is 0 Å². The van der Waals surface area contributed by atoms with Gasteiger partial charge in [0.25, 0.3) is 0 Å². The minimum absolute atomic E-state index is 0.137. The Bertz CT molecular complexity index is 1440. The van der Waals surface area contributed by atoms with Crippen molar-refractivity contribution < 1.29 is 23.5 Å². The lowest BCUT2D eigenvalue weighted by atomic mass is 10.0. The highest BCUT2D eigenvalue weighted by Crippen LogP contribution is 2.21. The van der Waals surface area contributed by atoms with Crippen molar-refractivity contribution >= 4 is 28.3 Å². The first-order valence-electron chi connectivity index (χ1n) is 10.3. The molecule has 1 amide bonds. The van der Waals surface area contributed by atoms with E-state index in [2.05, 4.69) is 5.32 Å². The zero-order valence-electron chi connectivity index (χ0n) is 18.5. The van der Waals surface area contributed by atoms with Crippen LogP contribution in [0.15, 0.2) is 77.7 Å². The van der Waals surface area contributed by atoms with Crippen molar-refractivity contribution in [1.82, 2.24) is 4.57 Å². The molecule has 0 aliphatic carbocycles. The van der Waals surface area contributed by atoms with E-state index in [4.69, 9.17) is 9.47 Å². The predicted molar refractivity (Wildman–Crippen MR) is 126 cm³/mol. The minimum Gasteiger partial charge on any atom is -0.497 e. The Labute approximate surface area is 194 Å². The molecule has 0 saturated carbocycles. The van der Waals surface area contributed by atoms with Crippen LogP contribution in [0.2, 0.25) is 0 Å². The van der Waals surface area contributed by atoms with Gasteiger partial charge in [-0.3, -0.25) is 14.4 Å². The van der Waals surface area contributed by atoms with Crippen LogP contribution in [-0.2, 0) is 11.3 Å². The molecular formula is C26H21FN2O5. The molecule has 0 fully saturated rings. The molecule has 34 heavy (non-hydrogen) atoms. The number of fused-ring (bicyclic) bond motifs is 1. The van der Waals surface area contributed by atoms with Crippen molar-refractivity contribution in [2.75, 3.05) is 19.5 Å². The van der Waals surface area contributed by atoms with Crippen LogP contribution in [0, 0.1) is 5.82 Å². The minimum atomic E-state index is -0.573. The van der Waals surface area contributed by atoms with Crippen molar-refractivity contribution in [3.8, 4) is 11.5 Å². The number of aromatic nitrogens is 1. The van der Waals surface area contributed by atoms with Crippen LogP contribution in [0.25, 0.3) is 10.9 Å². The fraction of sp³-hybridized carbons (Fsp3) is 0.115. The van der Waals surface area contributed by atoms with Crippen molar-refractivity contribution in [2.45, 2.75) is 6.54 Å². The summed E-state index contributed by atoms with van der Waals surface area (Å²) in [6, 6.07) is 16.7. The second-order valence-electron chi connectivity index (χ2n) is 7.50. The maximum atomic E-state index is 13.3. The number of methoxy groups -OCH3 is 2. The Balaban J connectivity index is 1.76. The van der Waals surface area contributed by atoms with E-state index in [9.17, 15) is 18.8 Å². The van der Waals surface area contributed by atoms with E-state index in [1.165, 1.54) is 43.2 Å². The van der Waals surface area contributed by atoms with Crippen LogP contribution >= 0.6 is 0 Å². The summed E-state index contributed by atoms with van der Waals surface area (Å²) in [5, 5.41) is 3.01. The second-order valence-corrected chi connectivity index (χ2v) is 7.50. The first-order valence-corrected chi connectivity index (χ1v) is 10.3. The van der Waals surface area contributed by atoms with E-state index >= 15 is 0 Å². The summed E-state index contributed by atoms with van der Waals surface area (Å²) >= 11 is 0. The maximum Gasteiger partial charge on any atom is 0.244 e.